The van der Waals surface area contributed by atoms with Gasteiger partial charge < -0.3 is 14.2 Å². The average Bonchev–Trinajstić information content (AvgIpc) is 3.26. The lowest BCUT2D eigenvalue weighted by Gasteiger charge is -2.36. The number of ether oxygens (including phenoxy) is 1. The summed E-state index contributed by atoms with van der Waals surface area (Å²) in [7, 11) is 0. The highest BCUT2D eigenvalue weighted by Crippen LogP contribution is 2.49. The van der Waals surface area contributed by atoms with Crippen molar-refractivity contribution in [3.8, 4) is 6.07 Å². The molecule has 1 aromatic carbocycles. The van der Waals surface area contributed by atoms with Crippen LogP contribution in [0.2, 0.25) is 0 Å². The van der Waals surface area contributed by atoms with Crippen LogP contribution in [0.3, 0.4) is 0 Å². The zero-order valence-corrected chi connectivity index (χ0v) is 14.6. The van der Waals surface area contributed by atoms with Gasteiger partial charge in [0.1, 0.15) is 0 Å². The molecule has 1 spiro atoms. The van der Waals surface area contributed by atoms with Crippen molar-refractivity contribution in [3.63, 3.8) is 0 Å². The van der Waals surface area contributed by atoms with E-state index in [4.69, 9.17) is 14.5 Å². The van der Waals surface area contributed by atoms with E-state index in [0.29, 0.717) is 49.1 Å². The highest BCUT2D eigenvalue weighted by atomic mass is 16.5. The second-order valence-corrected chi connectivity index (χ2v) is 7.08. The molecule has 1 amide bonds. The Hall–Kier alpha value is -2.72. The minimum absolute atomic E-state index is 0.0231. The molecule has 2 aromatic rings. The Balaban J connectivity index is 1.62. The molecule has 7 nitrogen and oxygen atoms in total. The van der Waals surface area contributed by atoms with Gasteiger partial charge in [-0.25, -0.2) is 0 Å². The standard InChI is InChI=1S/C19H20N4O3/c1-13-21-17(26-22-13)16-11-23(12-19(16)6-8-25-9-7-19)18(24)15-4-2-14(10-20)3-5-15/h2-5,16H,6-9,11-12H2,1H3. The van der Waals surface area contributed by atoms with Crippen LogP contribution in [0, 0.1) is 23.7 Å². The smallest absolute Gasteiger partial charge is 0.253 e. The van der Waals surface area contributed by atoms with Gasteiger partial charge >= 0.3 is 0 Å². The van der Waals surface area contributed by atoms with E-state index in [2.05, 4.69) is 16.2 Å². The number of amides is 1. The van der Waals surface area contributed by atoms with Crippen LogP contribution >= 0.6 is 0 Å². The summed E-state index contributed by atoms with van der Waals surface area (Å²) in [5.74, 6) is 1.22. The molecule has 7 heteroatoms. The number of rotatable bonds is 2. The lowest BCUT2D eigenvalue weighted by atomic mass is 9.72. The van der Waals surface area contributed by atoms with Crippen LogP contribution in [0.1, 0.15) is 46.4 Å². The Bertz CT molecular complexity index is 846. The summed E-state index contributed by atoms with van der Waals surface area (Å²) in [5.41, 5.74) is 1.05. The van der Waals surface area contributed by atoms with Crippen LogP contribution in [0.15, 0.2) is 28.8 Å². The molecular formula is C19H20N4O3. The summed E-state index contributed by atoms with van der Waals surface area (Å²) < 4.78 is 11.0. The summed E-state index contributed by atoms with van der Waals surface area (Å²) >= 11 is 0. The first-order valence-corrected chi connectivity index (χ1v) is 8.79. The van der Waals surface area contributed by atoms with Gasteiger partial charge in [0, 0.05) is 37.3 Å². The second kappa shape index (κ2) is 6.54. The summed E-state index contributed by atoms with van der Waals surface area (Å²) in [6.45, 7) is 4.38. The molecule has 2 saturated heterocycles. The lowest BCUT2D eigenvalue weighted by Crippen LogP contribution is -2.37. The maximum Gasteiger partial charge on any atom is 0.253 e. The Kier molecular flexibility index (Phi) is 4.21. The number of hydrogen-bond donors (Lipinski definition) is 0. The van der Waals surface area contributed by atoms with Crippen LogP contribution in [0.5, 0.6) is 0 Å². The number of aryl methyl sites for hydroxylation is 1. The minimum Gasteiger partial charge on any atom is -0.381 e. The lowest BCUT2D eigenvalue weighted by molar-refractivity contribution is 0.00836. The van der Waals surface area contributed by atoms with E-state index in [1.807, 2.05) is 4.90 Å². The van der Waals surface area contributed by atoms with Gasteiger partial charge in [-0.05, 0) is 44.0 Å². The van der Waals surface area contributed by atoms with E-state index in [9.17, 15) is 4.79 Å². The zero-order valence-electron chi connectivity index (χ0n) is 14.6. The number of carbonyl (C=O) groups is 1. The molecule has 2 fully saturated rings. The van der Waals surface area contributed by atoms with Gasteiger partial charge in [0.25, 0.3) is 5.91 Å². The Morgan fingerprint density at radius 1 is 1.31 bits per heavy atom. The Morgan fingerprint density at radius 3 is 2.65 bits per heavy atom. The molecule has 0 saturated carbocycles. The SMILES string of the molecule is Cc1noc(C2CN(C(=O)c3ccc(C#N)cc3)CC23CCOCC3)n1. The van der Waals surface area contributed by atoms with Crippen LogP contribution in [0.25, 0.3) is 0 Å². The summed E-state index contributed by atoms with van der Waals surface area (Å²) in [4.78, 5) is 19.3. The highest BCUT2D eigenvalue weighted by molar-refractivity contribution is 5.94. The molecule has 0 N–H and O–H groups in total. The van der Waals surface area contributed by atoms with Crippen LogP contribution < -0.4 is 0 Å². The maximum atomic E-state index is 13.0. The summed E-state index contributed by atoms with van der Waals surface area (Å²) in [6.07, 6.45) is 1.74. The predicted octanol–water partition coefficient (Wildman–Crippen LogP) is 2.29. The topological polar surface area (TPSA) is 92.2 Å². The summed E-state index contributed by atoms with van der Waals surface area (Å²) in [6, 6.07) is 8.84. The van der Waals surface area contributed by atoms with E-state index in [-0.39, 0.29) is 17.2 Å². The van der Waals surface area contributed by atoms with E-state index >= 15 is 0 Å². The van der Waals surface area contributed by atoms with Crippen molar-refractivity contribution in [2.75, 3.05) is 26.3 Å². The largest absolute Gasteiger partial charge is 0.381 e. The minimum atomic E-state index is -0.0839. The number of benzene rings is 1. The average molecular weight is 352 g/mol. The number of likely N-dealkylation sites (tertiary alicyclic amines) is 1. The number of aromatic nitrogens is 2. The van der Waals surface area contributed by atoms with E-state index in [0.717, 1.165) is 12.8 Å². The van der Waals surface area contributed by atoms with Crippen molar-refractivity contribution in [2.45, 2.75) is 25.7 Å². The third-order valence-corrected chi connectivity index (χ3v) is 5.53. The fourth-order valence-electron chi connectivity index (χ4n) is 4.07. The van der Waals surface area contributed by atoms with Crippen molar-refractivity contribution in [1.29, 1.82) is 5.26 Å². The van der Waals surface area contributed by atoms with Gasteiger partial charge in [-0.1, -0.05) is 5.16 Å². The predicted molar refractivity (Wildman–Crippen MR) is 91.3 cm³/mol. The van der Waals surface area contributed by atoms with E-state index in [1.54, 1.807) is 31.2 Å². The van der Waals surface area contributed by atoms with Crippen LogP contribution in [-0.2, 0) is 4.74 Å². The van der Waals surface area contributed by atoms with Crippen LogP contribution in [0.4, 0.5) is 0 Å². The van der Waals surface area contributed by atoms with Gasteiger partial charge in [0.05, 0.1) is 17.6 Å². The van der Waals surface area contributed by atoms with Crippen molar-refractivity contribution in [3.05, 3.63) is 47.1 Å². The summed E-state index contributed by atoms with van der Waals surface area (Å²) in [5, 5.41) is 12.9. The molecule has 2 aliphatic rings. The third-order valence-electron chi connectivity index (χ3n) is 5.53. The fourth-order valence-corrected chi connectivity index (χ4v) is 4.07. The Morgan fingerprint density at radius 2 is 2.04 bits per heavy atom. The molecule has 1 unspecified atom stereocenters. The molecular weight excluding hydrogens is 332 g/mol. The first-order chi connectivity index (χ1) is 12.6. The van der Waals surface area contributed by atoms with E-state index < -0.39 is 0 Å². The quantitative estimate of drug-likeness (QED) is 0.823. The second-order valence-electron chi connectivity index (χ2n) is 7.08. The number of hydrogen-bond acceptors (Lipinski definition) is 6. The molecule has 2 aliphatic heterocycles. The molecule has 1 atom stereocenters. The number of carbonyl (C=O) groups excluding carboxylic acids is 1. The van der Waals surface area contributed by atoms with E-state index in [1.165, 1.54) is 0 Å². The molecule has 26 heavy (non-hydrogen) atoms. The third kappa shape index (κ3) is 2.86. The van der Waals surface area contributed by atoms with Gasteiger partial charge in [-0.15, -0.1) is 0 Å². The van der Waals surface area contributed by atoms with Crippen molar-refractivity contribution in [2.24, 2.45) is 5.41 Å². The highest BCUT2D eigenvalue weighted by Gasteiger charge is 2.51. The van der Waals surface area contributed by atoms with Crippen LogP contribution in [-0.4, -0.2) is 47.3 Å². The normalized spacial score (nSPS) is 21.7. The van der Waals surface area contributed by atoms with Crippen molar-refractivity contribution < 1.29 is 14.1 Å². The first kappa shape index (κ1) is 16.7. The maximum absolute atomic E-state index is 13.0. The van der Waals surface area contributed by atoms with Gasteiger partial charge in [-0.2, -0.15) is 10.2 Å². The molecule has 0 aliphatic carbocycles. The van der Waals surface area contributed by atoms with Crippen molar-refractivity contribution in [1.82, 2.24) is 15.0 Å². The number of nitrogens with zero attached hydrogens (tertiary/aromatic N) is 4. The molecule has 0 bridgehead atoms. The molecule has 0 radical (unpaired) electrons. The fraction of sp³-hybridized carbons (Fsp3) is 0.474. The van der Waals surface area contributed by atoms with Gasteiger partial charge in [0.2, 0.25) is 5.89 Å². The molecule has 134 valence electrons. The Labute approximate surface area is 151 Å². The van der Waals surface area contributed by atoms with Gasteiger partial charge in [0.15, 0.2) is 5.82 Å². The molecule has 4 rings (SSSR count). The molecule has 3 heterocycles. The van der Waals surface area contributed by atoms with Gasteiger partial charge in [-0.3, -0.25) is 4.79 Å². The first-order valence-electron chi connectivity index (χ1n) is 8.79. The molecule has 1 aromatic heterocycles. The monoisotopic (exact) mass is 352 g/mol. The zero-order chi connectivity index (χ0) is 18.1. The van der Waals surface area contributed by atoms with Crippen molar-refractivity contribution >= 4 is 5.91 Å². The number of nitriles is 1.